The summed E-state index contributed by atoms with van der Waals surface area (Å²) in [4.78, 5) is 0. The molecule has 7 heteroatoms. The number of rotatable bonds is 4. The summed E-state index contributed by atoms with van der Waals surface area (Å²) in [6, 6.07) is 6.37. The number of nitrogens with two attached hydrogens (primary N) is 1. The number of hydrogen-bond donors (Lipinski definition) is 2. The Morgan fingerprint density at radius 1 is 1.59 bits per heavy atom. The second-order valence-electron chi connectivity index (χ2n) is 3.54. The van der Waals surface area contributed by atoms with Gasteiger partial charge in [0.15, 0.2) is 9.84 Å². The van der Waals surface area contributed by atoms with Gasteiger partial charge < -0.3 is 10.8 Å². The van der Waals surface area contributed by atoms with Crippen molar-refractivity contribution in [3.63, 3.8) is 0 Å². The highest BCUT2D eigenvalue weighted by atomic mass is 127. The zero-order chi connectivity index (χ0) is 13.3. The summed E-state index contributed by atoms with van der Waals surface area (Å²) in [6.07, 6.45) is -1.33. The zero-order valence-electron chi connectivity index (χ0n) is 9.10. The highest BCUT2D eigenvalue weighted by Gasteiger charge is 2.45. The average molecular weight is 390 g/mol. The fourth-order valence-electron chi connectivity index (χ4n) is 1.29. The number of anilines is 1. The topological polar surface area (TPSA) is 80.4 Å². The molecule has 0 unspecified atom stereocenters. The number of halogens is 2. The predicted molar refractivity (Wildman–Crippen MR) is 77.9 cm³/mol. The molecule has 0 aromatic heterocycles. The maximum Gasteiger partial charge on any atom is 0.225 e. The van der Waals surface area contributed by atoms with Gasteiger partial charge >= 0.3 is 0 Å². The minimum Gasteiger partial charge on any atom is -0.399 e. The van der Waals surface area contributed by atoms with E-state index in [1.54, 1.807) is 40.8 Å². The van der Waals surface area contributed by atoms with Crippen LogP contribution in [0.25, 0.3) is 0 Å². The first kappa shape index (κ1) is 15.0. The zero-order valence-corrected chi connectivity index (χ0v) is 12.8. The van der Waals surface area contributed by atoms with Gasteiger partial charge in [0.2, 0.25) is 2.21 Å². The van der Waals surface area contributed by atoms with E-state index in [2.05, 4.69) is 0 Å². The SMILES string of the molecule is CCS(=O)(=O)[C@@](Cl)(I)[C@@H](O)c1cccc(N)c1. The van der Waals surface area contributed by atoms with Crippen LogP contribution in [0.4, 0.5) is 5.69 Å². The molecule has 0 saturated carbocycles. The van der Waals surface area contributed by atoms with E-state index in [0.717, 1.165) is 0 Å². The van der Waals surface area contributed by atoms with E-state index < -0.39 is 18.2 Å². The lowest BCUT2D eigenvalue weighted by atomic mass is 10.1. The molecule has 0 amide bonds. The van der Waals surface area contributed by atoms with Gasteiger partial charge in [-0.25, -0.2) is 8.42 Å². The summed E-state index contributed by atoms with van der Waals surface area (Å²) < 4.78 is 21.8. The van der Waals surface area contributed by atoms with Crippen molar-refractivity contribution in [1.82, 2.24) is 0 Å². The lowest BCUT2D eigenvalue weighted by molar-refractivity contribution is 0.187. The normalized spacial score (nSPS) is 17.4. The van der Waals surface area contributed by atoms with Gasteiger partial charge in [0, 0.05) is 5.69 Å². The Hall–Kier alpha value is -0.0500. The van der Waals surface area contributed by atoms with Crippen molar-refractivity contribution >= 4 is 49.7 Å². The predicted octanol–water partition coefficient (Wildman–Crippen LogP) is 2.06. The molecule has 4 nitrogen and oxygen atoms in total. The fraction of sp³-hybridized carbons (Fsp3) is 0.400. The van der Waals surface area contributed by atoms with Crippen LogP contribution < -0.4 is 5.73 Å². The van der Waals surface area contributed by atoms with Gasteiger partial charge in [-0.15, -0.1) is 0 Å². The number of nitrogen functional groups attached to an aromatic ring is 1. The number of hydrogen-bond acceptors (Lipinski definition) is 4. The smallest absolute Gasteiger partial charge is 0.225 e. The summed E-state index contributed by atoms with van der Waals surface area (Å²) >= 11 is 7.52. The lowest BCUT2D eigenvalue weighted by Crippen LogP contribution is -2.34. The third-order valence-electron chi connectivity index (χ3n) is 2.34. The van der Waals surface area contributed by atoms with Crippen LogP contribution in [0.1, 0.15) is 18.6 Å². The van der Waals surface area contributed by atoms with Crippen LogP contribution in [-0.4, -0.2) is 21.5 Å². The third kappa shape index (κ3) is 3.04. The molecule has 1 aromatic rings. The molecule has 0 aliphatic rings. The molecule has 0 bridgehead atoms. The molecule has 0 spiro atoms. The standard InChI is InChI=1S/C10H13ClINO3S/c1-2-17(15,16)10(11,12)9(14)7-4-3-5-8(13)6-7/h3-6,9,14H,2,13H2,1H3/t9-,10-/m0/s1. The van der Waals surface area contributed by atoms with Crippen molar-refractivity contribution in [2.45, 2.75) is 15.2 Å². The Labute approximate surface area is 119 Å². The van der Waals surface area contributed by atoms with Crippen LogP contribution in [0.15, 0.2) is 24.3 Å². The molecule has 1 aromatic carbocycles. The van der Waals surface area contributed by atoms with Crippen molar-refractivity contribution in [2.24, 2.45) is 0 Å². The van der Waals surface area contributed by atoms with E-state index in [4.69, 9.17) is 17.3 Å². The van der Waals surface area contributed by atoms with Gasteiger partial charge in [0.25, 0.3) is 0 Å². The molecule has 0 fully saturated rings. The first-order valence-electron chi connectivity index (χ1n) is 4.86. The molecule has 3 N–H and O–H groups in total. The highest BCUT2D eigenvalue weighted by molar-refractivity contribution is 14.1. The first-order chi connectivity index (χ1) is 7.72. The number of benzene rings is 1. The number of aliphatic hydroxyl groups excluding tert-OH is 1. The molecule has 96 valence electrons. The molecule has 0 radical (unpaired) electrons. The van der Waals surface area contributed by atoms with Crippen molar-refractivity contribution in [1.29, 1.82) is 0 Å². The number of aliphatic hydroxyl groups is 1. The number of alkyl halides is 2. The van der Waals surface area contributed by atoms with E-state index >= 15 is 0 Å². The monoisotopic (exact) mass is 389 g/mol. The maximum absolute atomic E-state index is 11.8. The Kier molecular flexibility index (Phi) is 4.67. The summed E-state index contributed by atoms with van der Waals surface area (Å²) in [5.74, 6) is -0.140. The summed E-state index contributed by atoms with van der Waals surface area (Å²) in [5.41, 5.74) is 6.40. The van der Waals surface area contributed by atoms with E-state index in [0.29, 0.717) is 11.3 Å². The van der Waals surface area contributed by atoms with Gasteiger partial charge in [0.05, 0.1) is 5.75 Å². The van der Waals surface area contributed by atoms with E-state index in [1.807, 2.05) is 0 Å². The van der Waals surface area contributed by atoms with Crippen molar-refractivity contribution in [3.05, 3.63) is 29.8 Å². The van der Waals surface area contributed by atoms with Gasteiger partial charge in [-0.2, -0.15) is 0 Å². The minimum absolute atomic E-state index is 0.140. The van der Waals surface area contributed by atoms with Crippen molar-refractivity contribution in [2.75, 3.05) is 11.5 Å². The Bertz CT molecular complexity index is 504. The van der Waals surface area contributed by atoms with Crippen molar-refractivity contribution < 1.29 is 13.5 Å². The molecular weight excluding hydrogens is 377 g/mol. The van der Waals surface area contributed by atoms with Crippen LogP contribution >= 0.6 is 34.2 Å². The highest BCUT2D eigenvalue weighted by Crippen LogP contribution is 2.43. The first-order valence-corrected chi connectivity index (χ1v) is 7.97. The van der Waals surface area contributed by atoms with Gasteiger partial charge in [-0.05, 0) is 40.3 Å². The maximum atomic E-state index is 11.8. The van der Waals surface area contributed by atoms with Crippen LogP contribution in [0.5, 0.6) is 0 Å². The molecule has 0 heterocycles. The molecule has 2 atom stereocenters. The van der Waals surface area contributed by atoms with Gasteiger partial charge in [0.1, 0.15) is 6.10 Å². The van der Waals surface area contributed by atoms with Crippen LogP contribution in [0.2, 0.25) is 0 Å². The largest absolute Gasteiger partial charge is 0.399 e. The molecule has 0 aliphatic carbocycles. The van der Waals surface area contributed by atoms with Crippen LogP contribution in [0, 0.1) is 0 Å². The average Bonchev–Trinajstić information content (AvgIpc) is 2.27. The van der Waals surface area contributed by atoms with Crippen molar-refractivity contribution in [3.8, 4) is 0 Å². The lowest BCUT2D eigenvalue weighted by Gasteiger charge is -2.26. The van der Waals surface area contributed by atoms with Crippen LogP contribution in [-0.2, 0) is 9.84 Å². The second-order valence-corrected chi connectivity index (χ2v) is 9.88. The number of sulfone groups is 1. The van der Waals surface area contributed by atoms with Gasteiger partial charge in [-0.3, -0.25) is 0 Å². The molecular formula is C10H13ClINO3S. The molecule has 0 aliphatic heterocycles. The summed E-state index contributed by atoms with van der Waals surface area (Å²) in [5, 5.41) is 10.1. The summed E-state index contributed by atoms with van der Waals surface area (Å²) in [6.45, 7) is 1.48. The fourth-order valence-corrected chi connectivity index (χ4v) is 3.89. The molecule has 17 heavy (non-hydrogen) atoms. The van der Waals surface area contributed by atoms with Crippen LogP contribution in [0.3, 0.4) is 0 Å². The Morgan fingerprint density at radius 3 is 2.65 bits per heavy atom. The Balaban J connectivity index is 3.17. The molecule has 1 rings (SSSR count). The van der Waals surface area contributed by atoms with Gasteiger partial charge in [-0.1, -0.05) is 30.7 Å². The summed E-state index contributed by atoms with van der Waals surface area (Å²) in [7, 11) is -3.60. The van der Waals surface area contributed by atoms with E-state index in [-0.39, 0.29) is 5.75 Å². The quantitative estimate of drug-likeness (QED) is 0.469. The molecule has 0 saturated heterocycles. The third-order valence-corrected chi connectivity index (χ3v) is 7.67. The van der Waals surface area contributed by atoms with E-state index in [1.165, 1.54) is 13.0 Å². The van der Waals surface area contributed by atoms with E-state index in [9.17, 15) is 13.5 Å². The Morgan fingerprint density at radius 2 is 2.18 bits per heavy atom. The second kappa shape index (κ2) is 5.29. The minimum atomic E-state index is -3.60.